The number of likely N-dealkylation sites (tertiary alicyclic amines) is 1. The fourth-order valence-electron chi connectivity index (χ4n) is 3.07. The molecule has 98 valence electrons. The normalized spacial score (nSPS) is 33.0. The number of hydrogen-bond donors (Lipinski definition) is 1. The van der Waals surface area contributed by atoms with Gasteiger partial charge < -0.3 is 5.11 Å². The van der Waals surface area contributed by atoms with Crippen LogP contribution in [0, 0.1) is 5.82 Å². The Bertz CT molecular complexity index is 477. The van der Waals surface area contributed by atoms with Gasteiger partial charge in [-0.15, -0.1) is 0 Å². The summed E-state index contributed by atoms with van der Waals surface area (Å²) in [5, 5.41) is 10.8. The Hall–Kier alpha value is -0.450. The van der Waals surface area contributed by atoms with E-state index in [1.54, 1.807) is 12.1 Å². The van der Waals surface area contributed by atoms with Crippen LogP contribution in [-0.4, -0.2) is 28.6 Å². The quantitative estimate of drug-likeness (QED) is 0.907. The zero-order valence-electron chi connectivity index (χ0n) is 10.4. The maximum atomic E-state index is 13.9. The smallest absolute Gasteiger partial charge is 0.129 e. The first-order chi connectivity index (χ1) is 8.49. The lowest BCUT2D eigenvalue weighted by atomic mass is 9.91. The predicted octanol–water partition coefficient (Wildman–Crippen LogP) is 3.03. The summed E-state index contributed by atoms with van der Waals surface area (Å²) in [7, 11) is 0. The highest BCUT2D eigenvalue weighted by atomic mass is 79.9. The Kier molecular flexibility index (Phi) is 3.00. The number of aliphatic hydroxyl groups is 1. The molecule has 18 heavy (non-hydrogen) atoms. The van der Waals surface area contributed by atoms with Gasteiger partial charge in [-0.05, 0) is 44.4 Å². The minimum Gasteiger partial charge on any atom is -0.384 e. The maximum Gasteiger partial charge on any atom is 0.129 e. The molecule has 1 heterocycles. The van der Waals surface area contributed by atoms with E-state index in [2.05, 4.69) is 27.8 Å². The molecule has 2 atom stereocenters. The fraction of sp³-hybridized carbons (Fsp3) is 0.571. The van der Waals surface area contributed by atoms with E-state index in [0.29, 0.717) is 30.6 Å². The van der Waals surface area contributed by atoms with Crippen molar-refractivity contribution in [3.8, 4) is 0 Å². The lowest BCUT2D eigenvalue weighted by Crippen LogP contribution is -2.33. The van der Waals surface area contributed by atoms with Crippen LogP contribution in [0.25, 0.3) is 0 Å². The molecule has 0 aromatic heterocycles. The van der Waals surface area contributed by atoms with Crippen molar-refractivity contribution in [1.29, 1.82) is 0 Å². The van der Waals surface area contributed by atoms with Gasteiger partial charge in [-0.3, -0.25) is 4.90 Å². The summed E-state index contributed by atoms with van der Waals surface area (Å²) in [6.45, 7) is 2.67. The first kappa shape index (κ1) is 12.6. The molecule has 0 spiro atoms. The van der Waals surface area contributed by atoms with E-state index in [-0.39, 0.29) is 5.82 Å². The molecule has 2 unspecified atom stereocenters. The van der Waals surface area contributed by atoms with Gasteiger partial charge in [0.2, 0.25) is 0 Å². The Labute approximate surface area is 115 Å². The second kappa shape index (κ2) is 4.29. The van der Waals surface area contributed by atoms with E-state index in [0.717, 1.165) is 4.47 Å². The van der Waals surface area contributed by atoms with Crippen molar-refractivity contribution < 1.29 is 9.50 Å². The summed E-state index contributed by atoms with van der Waals surface area (Å²) in [6.07, 6.45) is 3.03. The largest absolute Gasteiger partial charge is 0.384 e. The van der Waals surface area contributed by atoms with Crippen LogP contribution in [0.2, 0.25) is 0 Å². The first-order valence-corrected chi connectivity index (χ1v) is 7.22. The van der Waals surface area contributed by atoms with Gasteiger partial charge in [-0.2, -0.15) is 0 Å². The van der Waals surface area contributed by atoms with E-state index in [4.69, 9.17) is 0 Å². The molecule has 1 N–H and O–H groups in total. The molecule has 1 aromatic rings. The van der Waals surface area contributed by atoms with Crippen LogP contribution in [0.4, 0.5) is 4.39 Å². The van der Waals surface area contributed by atoms with Crippen LogP contribution in [0.3, 0.4) is 0 Å². The van der Waals surface area contributed by atoms with Gasteiger partial charge in [0, 0.05) is 28.7 Å². The molecule has 0 bridgehead atoms. The van der Waals surface area contributed by atoms with Crippen LogP contribution in [0.15, 0.2) is 22.7 Å². The number of benzene rings is 1. The third-order valence-corrected chi connectivity index (χ3v) is 4.58. The molecule has 1 aromatic carbocycles. The van der Waals surface area contributed by atoms with Crippen molar-refractivity contribution in [2.75, 3.05) is 6.54 Å². The lowest BCUT2D eigenvalue weighted by Gasteiger charge is -2.24. The lowest BCUT2D eigenvalue weighted by molar-refractivity contribution is 0.0415. The molecule has 1 aliphatic carbocycles. The number of hydrogen-bond acceptors (Lipinski definition) is 2. The molecule has 2 fully saturated rings. The van der Waals surface area contributed by atoms with Crippen molar-refractivity contribution in [3.05, 3.63) is 34.1 Å². The van der Waals surface area contributed by atoms with Crippen LogP contribution in [0.1, 0.15) is 31.7 Å². The van der Waals surface area contributed by atoms with Gasteiger partial charge in [0.05, 0.1) is 0 Å². The average molecular weight is 314 g/mol. The van der Waals surface area contributed by atoms with E-state index in [1.807, 2.05) is 0 Å². The van der Waals surface area contributed by atoms with Gasteiger partial charge in [-0.25, -0.2) is 4.39 Å². The Balaban J connectivity index is 1.93. The highest BCUT2D eigenvalue weighted by Gasteiger charge is 2.47. The summed E-state index contributed by atoms with van der Waals surface area (Å²) in [4.78, 5) is 2.32. The van der Waals surface area contributed by atoms with Gasteiger partial charge in [0.25, 0.3) is 0 Å². The third kappa shape index (κ3) is 2.10. The molecular weight excluding hydrogens is 297 g/mol. The standard InChI is InChI=1S/C14H17BrFNO/c1-9-7-14(18,8-17(9)11-3-4-11)12-6-10(15)2-5-13(12)16/h2,5-6,9,11,18H,3-4,7-8H2,1H3. The van der Waals surface area contributed by atoms with Crippen molar-refractivity contribution in [2.24, 2.45) is 0 Å². The fourth-order valence-corrected chi connectivity index (χ4v) is 3.43. The highest BCUT2D eigenvalue weighted by Crippen LogP contribution is 2.42. The Morgan fingerprint density at radius 3 is 2.83 bits per heavy atom. The third-order valence-electron chi connectivity index (χ3n) is 4.09. The van der Waals surface area contributed by atoms with Crippen LogP contribution < -0.4 is 0 Å². The van der Waals surface area contributed by atoms with Crippen LogP contribution in [-0.2, 0) is 5.60 Å². The minimum absolute atomic E-state index is 0.314. The second-order valence-corrected chi connectivity index (χ2v) is 6.53. The van der Waals surface area contributed by atoms with E-state index in [1.165, 1.54) is 18.9 Å². The van der Waals surface area contributed by atoms with Crippen molar-refractivity contribution in [1.82, 2.24) is 4.90 Å². The van der Waals surface area contributed by atoms with Gasteiger partial charge >= 0.3 is 0 Å². The first-order valence-electron chi connectivity index (χ1n) is 6.43. The van der Waals surface area contributed by atoms with Crippen molar-refractivity contribution >= 4 is 15.9 Å². The van der Waals surface area contributed by atoms with Crippen molar-refractivity contribution in [3.63, 3.8) is 0 Å². The number of rotatable bonds is 2. The molecule has 1 aliphatic heterocycles. The predicted molar refractivity (Wildman–Crippen MR) is 71.8 cm³/mol. The summed E-state index contributed by atoms with van der Waals surface area (Å²) in [5.41, 5.74) is -0.623. The molecule has 3 rings (SSSR count). The van der Waals surface area contributed by atoms with Gasteiger partial charge in [-0.1, -0.05) is 15.9 Å². The molecule has 2 nitrogen and oxygen atoms in total. The molecule has 1 saturated heterocycles. The summed E-state index contributed by atoms with van der Waals surface area (Å²) < 4.78 is 14.7. The number of β-amino-alcohol motifs (C(OH)–C–C–N with tert-alkyl or cyclic N) is 1. The maximum absolute atomic E-state index is 13.9. The summed E-state index contributed by atoms with van der Waals surface area (Å²) in [5.74, 6) is -0.314. The average Bonchev–Trinajstić information content (AvgIpc) is 3.09. The molecular formula is C14H17BrFNO. The molecule has 2 aliphatic rings. The topological polar surface area (TPSA) is 23.5 Å². The zero-order chi connectivity index (χ0) is 12.9. The monoisotopic (exact) mass is 313 g/mol. The van der Waals surface area contributed by atoms with E-state index < -0.39 is 5.60 Å². The molecule has 0 amide bonds. The van der Waals surface area contributed by atoms with Gasteiger partial charge in [0.15, 0.2) is 0 Å². The highest BCUT2D eigenvalue weighted by molar-refractivity contribution is 9.10. The number of halogens is 2. The number of nitrogens with zero attached hydrogens (tertiary/aromatic N) is 1. The molecule has 1 saturated carbocycles. The Morgan fingerprint density at radius 1 is 1.44 bits per heavy atom. The zero-order valence-corrected chi connectivity index (χ0v) is 12.0. The van der Waals surface area contributed by atoms with Crippen molar-refractivity contribution in [2.45, 2.75) is 43.9 Å². The molecule has 4 heteroatoms. The molecule has 0 radical (unpaired) electrons. The Morgan fingerprint density at radius 2 is 2.17 bits per heavy atom. The summed E-state index contributed by atoms with van der Waals surface area (Å²) >= 11 is 3.35. The second-order valence-electron chi connectivity index (χ2n) is 5.61. The minimum atomic E-state index is -1.05. The van der Waals surface area contributed by atoms with Crippen LogP contribution in [0.5, 0.6) is 0 Å². The van der Waals surface area contributed by atoms with E-state index >= 15 is 0 Å². The van der Waals surface area contributed by atoms with Gasteiger partial charge in [0.1, 0.15) is 11.4 Å². The van der Waals surface area contributed by atoms with E-state index in [9.17, 15) is 9.50 Å². The van der Waals surface area contributed by atoms with Crippen LogP contribution >= 0.6 is 15.9 Å². The SMILES string of the molecule is CC1CC(O)(c2cc(Br)ccc2F)CN1C1CC1. The summed E-state index contributed by atoms with van der Waals surface area (Å²) in [6, 6.07) is 5.71.